The van der Waals surface area contributed by atoms with Crippen molar-refractivity contribution in [1.29, 1.82) is 0 Å². The van der Waals surface area contributed by atoms with Gasteiger partial charge in [0.25, 0.3) is 5.91 Å². The molecule has 0 saturated carbocycles. The molecule has 0 bridgehead atoms. The number of likely N-dealkylation sites (N-methyl/N-ethyl adjacent to an activating group) is 1. The van der Waals surface area contributed by atoms with Crippen molar-refractivity contribution in [2.24, 2.45) is 5.16 Å². The summed E-state index contributed by atoms with van der Waals surface area (Å²) in [5, 5.41) is 7.39. The lowest BCUT2D eigenvalue weighted by atomic mass is 9.87. The minimum Gasteiger partial charge on any atom is -0.388 e. The zero-order valence-corrected chi connectivity index (χ0v) is 12.9. The number of rotatable bonds is 4. The Morgan fingerprint density at radius 2 is 2.09 bits per heavy atom. The van der Waals surface area contributed by atoms with Crippen molar-refractivity contribution in [3.8, 4) is 0 Å². The highest BCUT2D eigenvalue weighted by Crippen LogP contribution is 2.32. The number of oxime groups is 1. The highest BCUT2D eigenvalue weighted by atomic mass is 16.7. The number of piperidine rings is 1. The predicted octanol–water partition coefficient (Wildman–Crippen LogP) is 0.981. The number of hydrogen-bond donors (Lipinski definition) is 1. The van der Waals surface area contributed by atoms with Crippen LogP contribution < -0.4 is 5.32 Å². The molecular weight excluding hydrogens is 280 g/mol. The average molecular weight is 302 g/mol. The average Bonchev–Trinajstić information content (AvgIpc) is 2.97. The summed E-state index contributed by atoms with van der Waals surface area (Å²) >= 11 is 0. The normalized spacial score (nSPS) is 19.6. The van der Waals surface area contributed by atoms with Gasteiger partial charge in [0, 0.05) is 45.2 Å². The number of hydrogen-bond acceptors (Lipinski definition) is 5. The lowest BCUT2D eigenvalue weighted by Crippen LogP contribution is -2.43. The van der Waals surface area contributed by atoms with E-state index in [1.807, 2.05) is 19.2 Å². The molecule has 6 heteroatoms. The molecule has 0 atom stereocenters. The van der Waals surface area contributed by atoms with Crippen LogP contribution in [0.15, 0.2) is 29.7 Å². The molecule has 2 aliphatic rings. The zero-order chi connectivity index (χ0) is 15.4. The first-order valence-corrected chi connectivity index (χ1v) is 7.79. The first kappa shape index (κ1) is 15.0. The molecule has 1 fully saturated rings. The standard InChI is InChI=1S/C16H22N4O2/c1-20(11-4-13-2-7-17-8-3-13)15(21)14-12-16(22-19-14)5-9-18-10-6-16/h2-3,7-8,18H,4-6,9-12H2,1H3. The van der Waals surface area contributed by atoms with Crippen LogP contribution in [0.4, 0.5) is 0 Å². The van der Waals surface area contributed by atoms with Crippen molar-refractivity contribution in [1.82, 2.24) is 15.2 Å². The zero-order valence-electron chi connectivity index (χ0n) is 12.9. The molecule has 1 amide bonds. The van der Waals surface area contributed by atoms with Crippen molar-refractivity contribution in [2.75, 3.05) is 26.7 Å². The SMILES string of the molecule is CN(CCc1ccncc1)C(=O)C1=NOC2(CCNCC2)C1. The van der Waals surface area contributed by atoms with E-state index in [-0.39, 0.29) is 11.5 Å². The number of pyridine rings is 1. The van der Waals surface area contributed by atoms with Crippen molar-refractivity contribution >= 4 is 11.6 Å². The number of aromatic nitrogens is 1. The topological polar surface area (TPSA) is 66.8 Å². The van der Waals surface area contributed by atoms with Gasteiger partial charge in [-0.2, -0.15) is 0 Å². The third kappa shape index (κ3) is 3.27. The van der Waals surface area contributed by atoms with Crippen molar-refractivity contribution in [3.63, 3.8) is 0 Å². The number of carbonyl (C=O) groups excluding carboxylic acids is 1. The minimum absolute atomic E-state index is 0.0236. The Hall–Kier alpha value is -1.95. The fourth-order valence-electron chi connectivity index (χ4n) is 2.95. The molecule has 1 spiro atoms. The predicted molar refractivity (Wildman–Crippen MR) is 83.5 cm³/mol. The van der Waals surface area contributed by atoms with Crippen molar-refractivity contribution in [2.45, 2.75) is 31.3 Å². The Bertz CT molecular complexity index is 553. The van der Waals surface area contributed by atoms with E-state index in [9.17, 15) is 4.79 Å². The van der Waals surface area contributed by atoms with Crippen LogP contribution >= 0.6 is 0 Å². The third-order valence-electron chi connectivity index (χ3n) is 4.43. The molecule has 0 radical (unpaired) electrons. The van der Waals surface area contributed by atoms with Crippen LogP contribution in [0.5, 0.6) is 0 Å². The molecular formula is C16H22N4O2. The van der Waals surface area contributed by atoms with Gasteiger partial charge in [-0.3, -0.25) is 9.78 Å². The van der Waals surface area contributed by atoms with E-state index in [1.165, 1.54) is 5.56 Å². The number of nitrogens with one attached hydrogen (secondary N) is 1. The van der Waals surface area contributed by atoms with Crippen LogP contribution in [0, 0.1) is 0 Å². The van der Waals surface area contributed by atoms with E-state index in [4.69, 9.17) is 4.84 Å². The number of amides is 1. The molecule has 3 heterocycles. The molecule has 0 unspecified atom stereocenters. The van der Waals surface area contributed by atoms with Gasteiger partial charge >= 0.3 is 0 Å². The second-order valence-electron chi connectivity index (χ2n) is 6.07. The van der Waals surface area contributed by atoms with E-state index >= 15 is 0 Å². The molecule has 0 aliphatic carbocycles. The lowest BCUT2D eigenvalue weighted by molar-refractivity contribution is -0.123. The second-order valence-corrected chi connectivity index (χ2v) is 6.07. The highest BCUT2D eigenvalue weighted by molar-refractivity contribution is 6.39. The molecule has 1 aromatic heterocycles. The Morgan fingerprint density at radius 3 is 2.82 bits per heavy atom. The summed E-state index contributed by atoms with van der Waals surface area (Å²) in [7, 11) is 1.82. The summed E-state index contributed by atoms with van der Waals surface area (Å²) in [4.78, 5) is 23.8. The van der Waals surface area contributed by atoms with Gasteiger partial charge in [-0.1, -0.05) is 5.16 Å². The smallest absolute Gasteiger partial charge is 0.271 e. The molecule has 3 rings (SSSR count). The highest BCUT2D eigenvalue weighted by Gasteiger charge is 2.42. The van der Waals surface area contributed by atoms with Crippen LogP contribution in [0.3, 0.4) is 0 Å². The summed E-state index contributed by atoms with van der Waals surface area (Å²) in [6.07, 6.45) is 6.81. The van der Waals surface area contributed by atoms with E-state index in [0.29, 0.717) is 18.7 Å². The van der Waals surface area contributed by atoms with Gasteiger partial charge in [-0.05, 0) is 37.2 Å². The summed E-state index contributed by atoms with van der Waals surface area (Å²) < 4.78 is 0. The molecule has 1 saturated heterocycles. The molecule has 1 N–H and O–H groups in total. The lowest BCUT2D eigenvalue weighted by Gasteiger charge is -2.30. The Morgan fingerprint density at radius 1 is 1.36 bits per heavy atom. The molecule has 22 heavy (non-hydrogen) atoms. The van der Waals surface area contributed by atoms with Gasteiger partial charge in [0.2, 0.25) is 0 Å². The van der Waals surface area contributed by atoms with Gasteiger partial charge in [-0.25, -0.2) is 0 Å². The Kier molecular flexibility index (Phi) is 4.38. The van der Waals surface area contributed by atoms with E-state index in [2.05, 4.69) is 15.5 Å². The Balaban J connectivity index is 1.53. The molecule has 0 aromatic carbocycles. The van der Waals surface area contributed by atoms with E-state index in [1.54, 1.807) is 17.3 Å². The van der Waals surface area contributed by atoms with E-state index in [0.717, 1.165) is 32.4 Å². The van der Waals surface area contributed by atoms with Crippen LogP contribution in [0.2, 0.25) is 0 Å². The molecule has 6 nitrogen and oxygen atoms in total. The second kappa shape index (κ2) is 6.44. The Labute approximate surface area is 130 Å². The van der Waals surface area contributed by atoms with Gasteiger partial charge in [-0.15, -0.1) is 0 Å². The molecule has 2 aliphatic heterocycles. The summed E-state index contributed by atoms with van der Waals surface area (Å²) in [5.41, 5.74) is 1.48. The fraction of sp³-hybridized carbons (Fsp3) is 0.562. The maximum absolute atomic E-state index is 12.5. The quantitative estimate of drug-likeness (QED) is 0.900. The van der Waals surface area contributed by atoms with Crippen molar-refractivity contribution in [3.05, 3.63) is 30.1 Å². The number of nitrogens with zero attached hydrogens (tertiary/aromatic N) is 3. The minimum atomic E-state index is -0.248. The van der Waals surface area contributed by atoms with Gasteiger partial charge in [0.1, 0.15) is 11.3 Å². The van der Waals surface area contributed by atoms with Crippen LogP contribution in [0.1, 0.15) is 24.8 Å². The van der Waals surface area contributed by atoms with Crippen LogP contribution in [-0.4, -0.2) is 53.8 Å². The molecule has 118 valence electrons. The fourth-order valence-corrected chi connectivity index (χ4v) is 2.95. The first-order chi connectivity index (χ1) is 10.7. The van der Waals surface area contributed by atoms with E-state index < -0.39 is 0 Å². The largest absolute Gasteiger partial charge is 0.388 e. The van der Waals surface area contributed by atoms with Crippen LogP contribution in [-0.2, 0) is 16.1 Å². The summed E-state index contributed by atoms with van der Waals surface area (Å²) in [6, 6.07) is 3.94. The number of carbonyl (C=O) groups is 1. The monoisotopic (exact) mass is 302 g/mol. The van der Waals surface area contributed by atoms with Gasteiger partial charge in [0.15, 0.2) is 0 Å². The maximum Gasteiger partial charge on any atom is 0.271 e. The summed E-state index contributed by atoms with van der Waals surface area (Å²) in [5.74, 6) is -0.0236. The maximum atomic E-state index is 12.5. The van der Waals surface area contributed by atoms with Gasteiger partial charge in [0.05, 0.1) is 0 Å². The van der Waals surface area contributed by atoms with Crippen LogP contribution in [0.25, 0.3) is 0 Å². The third-order valence-corrected chi connectivity index (χ3v) is 4.43. The first-order valence-electron chi connectivity index (χ1n) is 7.79. The van der Waals surface area contributed by atoms with Crippen molar-refractivity contribution < 1.29 is 9.63 Å². The summed E-state index contributed by atoms with van der Waals surface area (Å²) in [6.45, 7) is 2.51. The van der Waals surface area contributed by atoms with Gasteiger partial charge < -0.3 is 15.1 Å². The molecule has 1 aromatic rings.